The zero-order valence-corrected chi connectivity index (χ0v) is 16.0. The number of ether oxygens (including phenoxy) is 2. The van der Waals surface area contributed by atoms with Crippen LogP contribution in [0.15, 0.2) is 24.3 Å². The van der Waals surface area contributed by atoms with Gasteiger partial charge in [0.1, 0.15) is 0 Å². The highest BCUT2D eigenvalue weighted by Crippen LogP contribution is 2.09. The van der Waals surface area contributed by atoms with Gasteiger partial charge in [-0.05, 0) is 43.8 Å². The van der Waals surface area contributed by atoms with Crippen molar-refractivity contribution in [3.63, 3.8) is 0 Å². The second-order valence-electron chi connectivity index (χ2n) is 6.15. The molecule has 136 valence electrons. The number of rotatable bonds is 11. The summed E-state index contributed by atoms with van der Waals surface area (Å²) in [6.45, 7) is 11.7. The molecule has 24 heavy (non-hydrogen) atoms. The molecule has 1 aromatic carbocycles. The molecular formula is C18H31N3O2S. The van der Waals surface area contributed by atoms with Crippen LogP contribution in [0.2, 0.25) is 0 Å². The van der Waals surface area contributed by atoms with Gasteiger partial charge in [-0.25, -0.2) is 0 Å². The molecule has 0 aromatic heterocycles. The molecule has 0 radical (unpaired) electrons. The van der Waals surface area contributed by atoms with Gasteiger partial charge in [0, 0.05) is 24.8 Å². The lowest BCUT2D eigenvalue weighted by molar-refractivity contribution is 0.0210. The molecule has 1 aromatic rings. The van der Waals surface area contributed by atoms with Crippen molar-refractivity contribution in [3.8, 4) is 0 Å². The van der Waals surface area contributed by atoms with Gasteiger partial charge in [0.25, 0.3) is 0 Å². The molecule has 3 N–H and O–H groups in total. The summed E-state index contributed by atoms with van der Waals surface area (Å²) in [5.74, 6) is 0. The average molecular weight is 354 g/mol. The third-order valence-electron chi connectivity index (χ3n) is 3.14. The molecule has 0 bridgehead atoms. The van der Waals surface area contributed by atoms with Gasteiger partial charge in [-0.3, -0.25) is 0 Å². The molecule has 0 aliphatic heterocycles. The van der Waals surface area contributed by atoms with Gasteiger partial charge in [-0.2, -0.15) is 0 Å². The summed E-state index contributed by atoms with van der Waals surface area (Å²) in [7, 11) is 0. The van der Waals surface area contributed by atoms with Crippen molar-refractivity contribution in [3.05, 3.63) is 29.8 Å². The minimum atomic E-state index is 0.246. The van der Waals surface area contributed by atoms with Crippen LogP contribution in [0.1, 0.15) is 33.3 Å². The maximum atomic E-state index is 5.46. The Hall–Kier alpha value is -1.21. The Morgan fingerprint density at radius 3 is 2.38 bits per heavy atom. The van der Waals surface area contributed by atoms with E-state index in [2.05, 4.69) is 41.9 Å². The highest BCUT2D eigenvalue weighted by atomic mass is 32.1. The Morgan fingerprint density at radius 2 is 1.75 bits per heavy atom. The molecule has 0 spiro atoms. The van der Waals surface area contributed by atoms with Crippen molar-refractivity contribution in [1.29, 1.82) is 0 Å². The van der Waals surface area contributed by atoms with Crippen molar-refractivity contribution >= 4 is 23.0 Å². The van der Waals surface area contributed by atoms with Crippen molar-refractivity contribution < 1.29 is 9.47 Å². The first kappa shape index (κ1) is 20.8. The third-order valence-corrected chi connectivity index (χ3v) is 3.38. The fourth-order valence-electron chi connectivity index (χ4n) is 1.88. The van der Waals surface area contributed by atoms with E-state index in [1.165, 1.54) is 5.56 Å². The van der Waals surface area contributed by atoms with E-state index in [0.717, 1.165) is 12.2 Å². The van der Waals surface area contributed by atoms with E-state index in [9.17, 15) is 0 Å². The van der Waals surface area contributed by atoms with Crippen LogP contribution in [-0.2, 0) is 16.0 Å². The minimum Gasteiger partial charge on any atom is -0.377 e. The second kappa shape index (κ2) is 12.2. The Morgan fingerprint density at radius 1 is 1.04 bits per heavy atom. The summed E-state index contributed by atoms with van der Waals surface area (Å²) in [6, 6.07) is 8.74. The number of thiocarbonyl (C=S) groups is 1. The SMILES string of the molecule is CC(C)NCc1ccc(NC(=S)NCCOCCOC(C)C)cc1. The lowest BCUT2D eigenvalue weighted by Crippen LogP contribution is -2.31. The van der Waals surface area contributed by atoms with E-state index < -0.39 is 0 Å². The minimum absolute atomic E-state index is 0.246. The van der Waals surface area contributed by atoms with Crippen molar-refractivity contribution in [2.75, 3.05) is 31.7 Å². The Labute approximate surface area is 151 Å². The highest BCUT2D eigenvalue weighted by molar-refractivity contribution is 7.80. The number of hydrogen-bond donors (Lipinski definition) is 3. The fourth-order valence-corrected chi connectivity index (χ4v) is 2.10. The number of hydrogen-bond acceptors (Lipinski definition) is 4. The number of nitrogens with one attached hydrogen (secondary N) is 3. The van der Waals surface area contributed by atoms with Gasteiger partial charge in [-0.1, -0.05) is 26.0 Å². The molecule has 0 aliphatic carbocycles. The summed E-state index contributed by atoms with van der Waals surface area (Å²) in [5, 5.41) is 10.3. The molecule has 0 heterocycles. The standard InChI is InChI=1S/C18H31N3O2S/c1-14(2)20-13-16-5-7-17(8-6-16)21-18(24)19-9-10-22-11-12-23-15(3)4/h5-8,14-15,20H,9-13H2,1-4H3,(H2,19,21,24). The van der Waals surface area contributed by atoms with Crippen LogP contribution in [0.5, 0.6) is 0 Å². The van der Waals surface area contributed by atoms with Gasteiger partial charge in [0.15, 0.2) is 5.11 Å². The Kier molecular flexibility index (Phi) is 10.6. The van der Waals surface area contributed by atoms with E-state index in [1.54, 1.807) is 0 Å². The molecule has 0 atom stereocenters. The van der Waals surface area contributed by atoms with E-state index in [4.69, 9.17) is 21.7 Å². The quantitative estimate of drug-likeness (QED) is 0.420. The molecule has 0 fully saturated rings. The van der Waals surface area contributed by atoms with Crippen LogP contribution in [0.4, 0.5) is 5.69 Å². The van der Waals surface area contributed by atoms with Crippen LogP contribution >= 0.6 is 12.2 Å². The van der Waals surface area contributed by atoms with Crippen LogP contribution in [0.3, 0.4) is 0 Å². The average Bonchev–Trinajstić information content (AvgIpc) is 2.53. The number of anilines is 1. The lowest BCUT2D eigenvalue weighted by Gasteiger charge is -2.12. The van der Waals surface area contributed by atoms with Gasteiger partial charge >= 0.3 is 0 Å². The third kappa shape index (κ3) is 10.5. The monoisotopic (exact) mass is 353 g/mol. The first-order valence-corrected chi connectivity index (χ1v) is 8.94. The topological polar surface area (TPSA) is 54.5 Å². The fraction of sp³-hybridized carbons (Fsp3) is 0.611. The lowest BCUT2D eigenvalue weighted by atomic mass is 10.2. The van der Waals surface area contributed by atoms with Gasteiger partial charge in [-0.15, -0.1) is 0 Å². The predicted molar refractivity (Wildman–Crippen MR) is 105 cm³/mol. The van der Waals surface area contributed by atoms with Gasteiger partial charge in [0.05, 0.1) is 25.9 Å². The number of benzene rings is 1. The maximum absolute atomic E-state index is 5.46. The summed E-state index contributed by atoms with van der Waals surface area (Å²) in [5.41, 5.74) is 2.23. The van der Waals surface area contributed by atoms with E-state index in [-0.39, 0.29) is 6.10 Å². The normalized spacial score (nSPS) is 11.1. The van der Waals surface area contributed by atoms with Crippen LogP contribution in [-0.4, -0.2) is 43.6 Å². The smallest absolute Gasteiger partial charge is 0.170 e. The van der Waals surface area contributed by atoms with Crippen molar-refractivity contribution in [1.82, 2.24) is 10.6 Å². The van der Waals surface area contributed by atoms with Crippen LogP contribution in [0.25, 0.3) is 0 Å². The summed E-state index contributed by atoms with van der Waals surface area (Å²) in [4.78, 5) is 0. The predicted octanol–water partition coefficient (Wildman–Crippen LogP) is 2.91. The van der Waals surface area contributed by atoms with Gasteiger partial charge < -0.3 is 25.4 Å². The van der Waals surface area contributed by atoms with E-state index in [0.29, 0.717) is 37.5 Å². The molecule has 0 saturated carbocycles. The molecule has 0 aliphatic rings. The first-order valence-electron chi connectivity index (χ1n) is 8.54. The second-order valence-corrected chi connectivity index (χ2v) is 6.55. The molecule has 1 rings (SSSR count). The van der Waals surface area contributed by atoms with Crippen molar-refractivity contribution in [2.45, 2.75) is 46.4 Å². The molecule has 0 amide bonds. The molecular weight excluding hydrogens is 322 g/mol. The largest absolute Gasteiger partial charge is 0.377 e. The van der Waals surface area contributed by atoms with E-state index in [1.807, 2.05) is 26.0 Å². The molecule has 6 heteroatoms. The zero-order chi connectivity index (χ0) is 17.8. The molecule has 0 unspecified atom stereocenters. The molecule has 5 nitrogen and oxygen atoms in total. The first-order chi connectivity index (χ1) is 11.5. The maximum Gasteiger partial charge on any atom is 0.170 e. The summed E-state index contributed by atoms with van der Waals surface area (Å²) >= 11 is 5.27. The highest BCUT2D eigenvalue weighted by Gasteiger charge is 1.99. The van der Waals surface area contributed by atoms with Crippen molar-refractivity contribution in [2.24, 2.45) is 0 Å². The Bertz CT molecular complexity index is 464. The van der Waals surface area contributed by atoms with E-state index >= 15 is 0 Å². The van der Waals surface area contributed by atoms with Crippen LogP contribution < -0.4 is 16.0 Å². The molecule has 0 saturated heterocycles. The summed E-state index contributed by atoms with van der Waals surface area (Å²) < 4.78 is 10.9. The summed E-state index contributed by atoms with van der Waals surface area (Å²) in [6.07, 6.45) is 0.246. The van der Waals surface area contributed by atoms with Gasteiger partial charge in [0.2, 0.25) is 0 Å². The zero-order valence-electron chi connectivity index (χ0n) is 15.2. The Balaban J connectivity index is 2.14. The van der Waals surface area contributed by atoms with Crippen LogP contribution in [0, 0.1) is 0 Å².